The Morgan fingerprint density at radius 2 is 2.15 bits per heavy atom. The van der Waals surface area contributed by atoms with Gasteiger partial charge in [-0.05, 0) is 31.2 Å². The zero-order valence-corrected chi connectivity index (χ0v) is 14.8. The lowest BCUT2D eigenvalue weighted by Gasteiger charge is -2.29. The van der Waals surface area contributed by atoms with E-state index in [2.05, 4.69) is 11.9 Å². The van der Waals surface area contributed by atoms with Crippen LogP contribution in [-0.2, 0) is 4.79 Å². The zero-order valence-electron chi connectivity index (χ0n) is 14.0. The monoisotopic (exact) mass is 374 g/mol. The van der Waals surface area contributed by atoms with E-state index >= 15 is 0 Å². The van der Waals surface area contributed by atoms with Crippen molar-refractivity contribution in [1.29, 1.82) is 0 Å². The first-order chi connectivity index (χ1) is 12.4. The Morgan fingerprint density at radius 1 is 1.38 bits per heavy atom. The van der Waals surface area contributed by atoms with Gasteiger partial charge < -0.3 is 15.0 Å². The van der Waals surface area contributed by atoms with Crippen LogP contribution in [0.3, 0.4) is 0 Å². The maximum Gasteiger partial charge on any atom is 0.265 e. The van der Waals surface area contributed by atoms with Crippen LogP contribution < -0.4 is 15.0 Å². The maximum absolute atomic E-state index is 13.9. The highest BCUT2D eigenvalue weighted by atomic mass is 35.5. The van der Waals surface area contributed by atoms with Crippen LogP contribution in [0.5, 0.6) is 5.75 Å². The summed E-state index contributed by atoms with van der Waals surface area (Å²) in [4.78, 5) is 26.0. The lowest BCUT2D eigenvalue weighted by atomic mass is 10.1. The summed E-state index contributed by atoms with van der Waals surface area (Å²) in [7, 11) is 0. The van der Waals surface area contributed by atoms with Gasteiger partial charge in [-0.25, -0.2) is 4.39 Å². The number of hydrogen-bond donors (Lipinski definition) is 1. The number of halogens is 2. The van der Waals surface area contributed by atoms with Gasteiger partial charge in [0.05, 0.1) is 16.3 Å². The topological polar surface area (TPSA) is 58.6 Å². The second-order valence-electron chi connectivity index (χ2n) is 5.96. The molecule has 0 saturated carbocycles. The van der Waals surface area contributed by atoms with Crippen LogP contribution in [0.2, 0.25) is 5.02 Å². The highest BCUT2D eigenvalue weighted by Crippen LogP contribution is 2.35. The third-order valence-electron chi connectivity index (χ3n) is 3.78. The molecule has 2 aromatic rings. The van der Waals surface area contributed by atoms with Crippen molar-refractivity contribution in [1.82, 2.24) is 0 Å². The van der Waals surface area contributed by atoms with Gasteiger partial charge in [0.1, 0.15) is 11.6 Å². The fourth-order valence-electron chi connectivity index (χ4n) is 2.63. The number of rotatable bonds is 4. The Hall–Kier alpha value is -2.86. The van der Waals surface area contributed by atoms with Gasteiger partial charge in [-0.1, -0.05) is 29.8 Å². The Labute approximate surface area is 155 Å². The molecular formula is C19H16ClFN2O3. The van der Waals surface area contributed by atoms with Crippen molar-refractivity contribution >= 4 is 34.8 Å². The van der Waals surface area contributed by atoms with Crippen molar-refractivity contribution < 1.29 is 18.7 Å². The third kappa shape index (κ3) is 3.55. The van der Waals surface area contributed by atoms with E-state index in [-0.39, 0.29) is 23.1 Å². The van der Waals surface area contributed by atoms with Crippen LogP contribution in [0.25, 0.3) is 0 Å². The largest absolute Gasteiger partial charge is 0.481 e. The van der Waals surface area contributed by atoms with Gasteiger partial charge in [-0.15, -0.1) is 0 Å². The van der Waals surface area contributed by atoms with E-state index in [9.17, 15) is 14.0 Å². The van der Waals surface area contributed by atoms with Crippen LogP contribution in [-0.4, -0.2) is 25.0 Å². The van der Waals surface area contributed by atoms with E-state index in [1.54, 1.807) is 23.1 Å². The van der Waals surface area contributed by atoms with Crippen molar-refractivity contribution in [2.24, 2.45) is 0 Å². The summed E-state index contributed by atoms with van der Waals surface area (Å²) in [5, 5.41) is 2.62. The number of carbonyl (C=O) groups is 2. The maximum atomic E-state index is 13.9. The summed E-state index contributed by atoms with van der Waals surface area (Å²) in [5.41, 5.74) is 1.59. The van der Waals surface area contributed by atoms with Gasteiger partial charge in [0.15, 0.2) is 6.61 Å². The number of benzene rings is 2. The number of hydrogen-bond acceptors (Lipinski definition) is 3. The molecule has 0 unspecified atom stereocenters. The lowest BCUT2D eigenvalue weighted by molar-refractivity contribution is -0.121. The molecule has 0 aliphatic carbocycles. The van der Waals surface area contributed by atoms with E-state index in [1.165, 1.54) is 12.1 Å². The molecule has 7 heteroatoms. The normalized spacial score (nSPS) is 13.0. The molecule has 0 radical (unpaired) electrons. The summed E-state index contributed by atoms with van der Waals surface area (Å²) < 4.78 is 19.3. The Balaban J connectivity index is 1.86. The molecule has 3 rings (SSSR count). The van der Waals surface area contributed by atoms with Gasteiger partial charge in [-0.3, -0.25) is 9.59 Å². The summed E-state index contributed by atoms with van der Waals surface area (Å²) in [6.45, 7) is 5.93. The SMILES string of the molecule is C=C(C)CN1C(=O)COc2cc(NC(=O)c3c(F)cccc3Cl)ccc21. The lowest BCUT2D eigenvalue weighted by Crippen LogP contribution is -2.39. The number of carbonyl (C=O) groups excluding carboxylic acids is 2. The smallest absolute Gasteiger partial charge is 0.265 e. The van der Waals surface area contributed by atoms with Gasteiger partial charge in [0, 0.05) is 18.3 Å². The van der Waals surface area contributed by atoms with Crippen LogP contribution >= 0.6 is 11.6 Å². The first-order valence-electron chi connectivity index (χ1n) is 7.84. The second kappa shape index (κ2) is 7.17. The first kappa shape index (κ1) is 17.9. The first-order valence-corrected chi connectivity index (χ1v) is 8.21. The summed E-state index contributed by atoms with van der Waals surface area (Å²) in [6, 6.07) is 8.88. The molecule has 134 valence electrons. The van der Waals surface area contributed by atoms with E-state index in [4.69, 9.17) is 16.3 Å². The highest BCUT2D eigenvalue weighted by Gasteiger charge is 2.26. The number of ether oxygens (including phenoxy) is 1. The number of nitrogens with zero attached hydrogens (tertiary/aromatic N) is 1. The van der Waals surface area contributed by atoms with Gasteiger partial charge in [0.2, 0.25) is 0 Å². The Bertz CT molecular complexity index is 893. The Morgan fingerprint density at radius 3 is 2.85 bits per heavy atom. The van der Waals surface area contributed by atoms with Crippen LogP contribution in [0.1, 0.15) is 17.3 Å². The molecule has 0 fully saturated rings. The molecule has 0 spiro atoms. The average Bonchev–Trinajstić information content (AvgIpc) is 2.57. The van der Waals surface area contributed by atoms with E-state index in [0.29, 0.717) is 23.7 Å². The van der Waals surface area contributed by atoms with E-state index < -0.39 is 11.7 Å². The minimum atomic E-state index is -0.706. The van der Waals surface area contributed by atoms with E-state index in [0.717, 1.165) is 11.6 Å². The number of amides is 2. The predicted octanol–water partition coefficient (Wildman–Crippen LogP) is 4.03. The minimum Gasteiger partial charge on any atom is -0.481 e. The van der Waals surface area contributed by atoms with Crippen molar-refractivity contribution in [3.05, 3.63) is 65.0 Å². The molecule has 2 amide bonds. The predicted molar refractivity (Wildman–Crippen MR) is 98.5 cm³/mol. The van der Waals surface area contributed by atoms with Crippen LogP contribution in [0, 0.1) is 5.82 Å². The third-order valence-corrected chi connectivity index (χ3v) is 4.09. The standard InChI is InChI=1S/C19H16ClFN2O3/c1-11(2)9-23-15-7-6-12(8-16(15)26-10-17(23)24)22-19(25)18-13(20)4-3-5-14(18)21/h3-8H,1,9-10H2,2H3,(H,22,25). The molecule has 5 nitrogen and oxygen atoms in total. The highest BCUT2D eigenvalue weighted by molar-refractivity contribution is 6.34. The van der Waals surface area contributed by atoms with Gasteiger partial charge in [0.25, 0.3) is 11.8 Å². The molecule has 26 heavy (non-hydrogen) atoms. The average molecular weight is 375 g/mol. The fourth-order valence-corrected chi connectivity index (χ4v) is 2.88. The second-order valence-corrected chi connectivity index (χ2v) is 6.37. The van der Waals surface area contributed by atoms with Crippen molar-refractivity contribution in [3.8, 4) is 5.75 Å². The molecule has 0 saturated heterocycles. The molecule has 1 aliphatic rings. The minimum absolute atomic E-state index is 0.0231. The molecule has 1 N–H and O–H groups in total. The Kier molecular flexibility index (Phi) is 4.95. The van der Waals surface area contributed by atoms with Crippen LogP contribution in [0.4, 0.5) is 15.8 Å². The van der Waals surface area contributed by atoms with Crippen molar-refractivity contribution in [2.45, 2.75) is 6.92 Å². The van der Waals surface area contributed by atoms with Crippen LogP contribution in [0.15, 0.2) is 48.6 Å². The fraction of sp³-hybridized carbons (Fsp3) is 0.158. The molecule has 2 aromatic carbocycles. The molecule has 0 bridgehead atoms. The zero-order chi connectivity index (χ0) is 18.8. The molecule has 1 heterocycles. The summed E-state index contributed by atoms with van der Waals surface area (Å²) in [5.74, 6) is -1.10. The quantitative estimate of drug-likeness (QED) is 0.822. The van der Waals surface area contributed by atoms with Gasteiger partial charge in [-0.2, -0.15) is 0 Å². The van der Waals surface area contributed by atoms with Crippen molar-refractivity contribution in [2.75, 3.05) is 23.4 Å². The number of nitrogens with one attached hydrogen (secondary N) is 1. The van der Waals surface area contributed by atoms with Crippen molar-refractivity contribution in [3.63, 3.8) is 0 Å². The van der Waals surface area contributed by atoms with E-state index in [1.807, 2.05) is 6.92 Å². The van der Waals surface area contributed by atoms with Gasteiger partial charge >= 0.3 is 0 Å². The molecule has 1 aliphatic heterocycles. The molecule has 0 aromatic heterocycles. The number of anilines is 2. The molecule has 0 atom stereocenters. The number of fused-ring (bicyclic) bond motifs is 1. The summed E-state index contributed by atoms with van der Waals surface area (Å²) >= 11 is 5.91. The molecular weight excluding hydrogens is 359 g/mol. The summed E-state index contributed by atoms with van der Waals surface area (Å²) in [6.07, 6.45) is 0.